The summed E-state index contributed by atoms with van der Waals surface area (Å²) >= 11 is 6.24. The number of benzene rings is 2. The molecule has 0 radical (unpaired) electrons. The molecule has 1 amide bonds. The molecular weight excluding hydrogens is 436 g/mol. The summed E-state index contributed by atoms with van der Waals surface area (Å²) in [6.45, 7) is 0.0189. The number of amides is 1. The fourth-order valence-electron chi connectivity index (χ4n) is 5.29. The molecule has 0 saturated carbocycles. The van der Waals surface area contributed by atoms with E-state index in [0.717, 1.165) is 0 Å². The molecule has 1 spiro atoms. The first-order valence-electron chi connectivity index (χ1n) is 10.5. The quantitative estimate of drug-likeness (QED) is 0.697. The van der Waals surface area contributed by atoms with Crippen LogP contribution in [0.2, 0.25) is 5.02 Å². The Morgan fingerprint density at radius 2 is 1.94 bits per heavy atom. The topological polar surface area (TPSA) is 90.4 Å². The molecule has 162 valence electrons. The number of allylic oxidation sites excluding steroid dienone is 1. The van der Waals surface area contributed by atoms with Crippen LogP contribution in [0.5, 0.6) is 0 Å². The van der Waals surface area contributed by atoms with E-state index in [4.69, 9.17) is 23.8 Å². The Morgan fingerprint density at radius 1 is 1.15 bits per heavy atom. The first-order chi connectivity index (χ1) is 16.0. The third kappa shape index (κ3) is 2.68. The lowest BCUT2D eigenvalue weighted by atomic mass is 9.64. The van der Waals surface area contributed by atoms with Gasteiger partial charge in [0.15, 0.2) is 5.78 Å². The number of Topliss-reactive ketones (excluding diaryl/α,β-unsaturated/α-hetero) is 1. The molecule has 2 N–H and O–H groups in total. The Kier molecular flexibility index (Phi) is 4.78. The van der Waals surface area contributed by atoms with Crippen LogP contribution in [0.3, 0.4) is 0 Å². The molecule has 0 aromatic heterocycles. The van der Waals surface area contributed by atoms with Crippen molar-refractivity contribution in [3.8, 4) is 18.4 Å². The summed E-state index contributed by atoms with van der Waals surface area (Å²) < 4.78 is 0. The summed E-state index contributed by atoms with van der Waals surface area (Å²) in [5.74, 6) is 2.04. The van der Waals surface area contributed by atoms with Gasteiger partial charge in [0.05, 0.1) is 12.1 Å². The number of fused-ring (bicyclic) bond motifs is 3. The van der Waals surface area contributed by atoms with Crippen LogP contribution in [0, 0.1) is 23.7 Å². The summed E-state index contributed by atoms with van der Waals surface area (Å²) in [4.78, 5) is 30.8. The Labute approximate surface area is 196 Å². The number of para-hydroxylation sites is 1. The van der Waals surface area contributed by atoms with Crippen LogP contribution in [-0.4, -0.2) is 18.2 Å². The van der Waals surface area contributed by atoms with E-state index in [0.29, 0.717) is 46.1 Å². The first-order valence-corrected chi connectivity index (χ1v) is 10.9. The van der Waals surface area contributed by atoms with Gasteiger partial charge in [0.1, 0.15) is 17.3 Å². The molecule has 0 bridgehead atoms. The van der Waals surface area contributed by atoms with Gasteiger partial charge in [0.2, 0.25) is 5.91 Å². The maximum absolute atomic E-state index is 14.1. The van der Waals surface area contributed by atoms with E-state index in [1.54, 1.807) is 47.4 Å². The van der Waals surface area contributed by atoms with E-state index in [-0.39, 0.29) is 30.1 Å². The lowest BCUT2D eigenvalue weighted by molar-refractivity contribution is -0.124. The molecule has 1 aliphatic carbocycles. The molecule has 2 heterocycles. The van der Waals surface area contributed by atoms with Crippen LogP contribution >= 0.6 is 11.6 Å². The van der Waals surface area contributed by atoms with Gasteiger partial charge in [0.25, 0.3) is 0 Å². The highest BCUT2D eigenvalue weighted by molar-refractivity contribution is 6.31. The summed E-state index contributed by atoms with van der Waals surface area (Å²) in [6.07, 6.45) is 6.99. The Morgan fingerprint density at radius 3 is 2.67 bits per heavy atom. The number of carbonyl (C=O) groups excluding carboxylic acids is 2. The average Bonchev–Trinajstić information content (AvgIpc) is 3.04. The van der Waals surface area contributed by atoms with Gasteiger partial charge in [-0.3, -0.25) is 19.4 Å². The van der Waals surface area contributed by atoms with E-state index in [1.807, 2.05) is 6.07 Å². The molecule has 5 rings (SSSR count). The van der Waals surface area contributed by atoms with Crippen LogP contribution in [0.15, 0.2) is 71.2 Å². The van der Waals surface area contributed by atoms with Crippen molar-refractivity contribution in [2.75, 3.05) is 16.3 Å². The molecule has 2 aliphatic heterocycles. The van der Waals surface area contributed by atoms with Crippen molar-refractivity contribution in [3.63, 3.8) is 0 Å². The van der Waals surface area contributed by atoms with Crippen molar-refractivity contribution in [3.05, 3.63) is 81.8 Å². The molecule has 6 nitrogen and oxygen atoms in total. The van der Waals surface area contributed by atoms with Crippen LogP contribution in [0.4, 0.5) is 11.4 Å². The molecule has 0 saturated heterocycles. The zero-order valence-electron chi connectivity index (χ0n) is 17.6. The predicted octanol–water partition coefficient (Wildman–Crippen LogP) is 3.78. The van der Waals surface area contributed by atoms with Gasteiger partial charge in [-0.2, -0.15) is 5.26 Å². The minimum absolute atomic E-state index is 0.0189. The third-order valence-corrected chi connectivity index (χ3v) is 6.73. The average molecular weight is 455 g/mol. The lowest BCUT2D eigenvalue weighted by Gasteiger charge is -2.43. The summed E-state index contributed by atoms with van der Waals surface area (Å²) in [7, 11) is 0. The Balaban J connectivity index is 1.89. The number of hydrogen-bond acceptors (Lipinski definition) is 5. The number of anilines is 2. The SMILES string of the molecule is C#CCN1C(=O)C2(C(C#N)=C(N)N(c3cccc(Cl)c3)C3=C2C(=O)CCC3)c2ccccc21. The zero-order chi connectivity index (χ0) is 23.3. The molecular formula is C26H19ClN4O2. The second-order valence-electron chi connectivity index (χ2n) is 8.15. The first kappa shape index (κ1) is 20.9. The molecule has 1 unspecified atom stereocenters. The second-order valence-corrected chi connectivity index (χ2v) is 8.58. The smallest absolute Gasteiger partial charge is 0.248 e. The highest BCUT2D eigenvalue weighted by atomic mass is 35.5. The van der Waals surface area contributed by atoms with Crippen molar-refractivity contribution in [2.45, 2.75) is 24.7 Å². The maximum atomic E-state index is 14.1. The number of ketones is 1. The fourth-order valence-corrected chi connectivity index (χ4v) is 5.47. The number of hydrogen-bond donors (Lipinski definition) is 1. The molecule has 1 atom stereocenters. The van der Waals surface area contributed by atoms with Crippen molar-refractivity contribution in [2.24, 2.45) is 5.73 Å². The van der Waals surface area contributed by atoms with Crippen molar-refractivity contribution in [1.29, 1.82) is 5.26 Å². The number of carbonyl (C=O) groups is 2. The Hall–Kier alpha value is -4.00. The van der Waals surface area contributed by atoms with Gasteiger partial charge in [-0.15, -0.1) is 6.42 Å². The second kappa shape index (κ2) is 7.55. The highest BCUT2D eigenvalue weighted by Crippen LogP contribution is 2.56. The number of rotatable bonds is 2. The molecule has 0 fully saturated rings. The van der Waals surface area contributed by atoms with Gasteiger partial charge in [-0.1, -0.05) is 41.8 Å². The van der Waals surface area contributed by atoms with Gasteiger partial charge >= 0.3 is 0 Å². The van der Waals surface area contributed by atoms with E-state index < -0.39 is 11.3 Å². The molecule has 33 heavy (non-hydrogen) atoms. The number of nitriles is 1. The molecule has 3 aliphatic rings. The highest BCUT2D eigenvalue weighted by Gasteiger charge is 2.62. The third-order valence-electron chi connectivity index (χ3n) is 6.49. The van der Waals surface area contributed by atoms with E-state index >= 15 is 0 Å². The maximum Gasteiger partial charge on any atom is 0.248 e. The Bertz CT molecular complexity index is 1380. The van der Waals surface area contributed by atoms with Gasteiger partial charge in [-0.25, -0.2) is 0 Å². The molecule has 2 aromatic rings. The van der Waals surface area contributed by atoms with E-state index in [2.05, 4.69) is 12.0 Å². The van der Waals surface area contributed by atoms with Crippen molar-refractivity contribution in [1.82, 2.24) is 0 Å². The fraction of sp³-hybridized carbons (Fsp3) is 0.192. The van der Waals surface area contributed by atoms with Crippen molar-refractivity contribution < 1.29 is 9.59 Å². The van der Waals surface area contributed by atoms with Gasteiger partial charge < -0.3 is 5.73 Å². The van der Waals surface area contributed by atoms with Crippen LogP contribution in [-0.2, 0) is 15.0 Å². The number of halogens is 1. The molecule has 7 heteroatoms. The normalized spacial score (nSPS) is 21.8. The van der Waals surface area contributed by atoms with Crippen LogP contribution in [0.25, 0.3) is 0 Å². The van der Waals surface area contributed by atoms with Crippen LogP contribution in [0.1, 0.15) is 24.8 Å². The lowest BCUT2D eigenvalue weighted by Crippen LogP contribution is -2.52. The number of nitrogens with zero attached hydrogens (tertiary/aromatic N) is 3. The largest absolute Gasteiger partial charge is 0.384 e. The minimum Gasteiger partial charge on any atom is -0.384 e. The van der Waals surface area contributed by atoms with Gasteiger partial charge in [-0.05, 0) is 37.1 Å². The van der Waals surface area contributed by atoms with Crippen molar-refractivity contribution >= 4 is 34.7 Å². The van der Waals surface area contributed by atoms with E-state index in [9.17, 15) is 14.9 Å². The van der Waals surface area contributed by atoms with E-state index in [1.165, 1.54) is 4.90 Å². The summed E-state index contributed by atoms with van der Waals surface area (Å²) in [6, 6.07) is 16.4. The zero-order valence-corrected chi connectivity index (χ0v) is 18.4. The van der Waals surface area contributed by atoms with Crippen LogP contribution < -0.4 is 15.5 Å². The number of terminal acetylenes is 1. The summed E-state index contributed by atoms with van der Waals surface area (Å²) in [5, 5.41) is 10.8. The monoisotopic (exact) mass is 454 g/mol. The standard InChI is InChI=1S/C26H19ClN4O2/c1-2-13-30-20-10-4-3-9-18(20)26(25(30)33)19(15-28)24(29)31(17-8-5-7-16(27)14-17)21-11-6-12-22(32)23(21)26/h1,3-5,7-10,14H,6,11-13,29H2. The van der Waals surface area contributed by atoms with Gasteiger partial charge in [0, 0.05) is 39.7 Å². The minimum atomic E-state index is -1.62. The number of nitrogens with two attached hydrogens (primary N) is 1. The molecule has 2 aromatic carbocycles. The summed E-state index contributed by atoms with van der Waals surface area (Å²) in [5.41, 5.74) is 7.74. The predicted molar refractivity (Wildman–Crippen MR) is 126 cm³/mol.